The third-order valence-electron chi connectivity index (χ3n) is 10.9. The van der Waals surface area contributed by atoms with E-state index in [2.05, 4.69) is 46.2 Å². The summed E-state index contributed by atoms with van der Waals surface area (Å²) in [6.45, 7) is 5.10. The highest BCUT2D eigenvalue weighted by atomic mass is 32.2. The van der Waals surface area contributed by atoms with Gasteiger partial charge in [0.1, 0.15) is 16.9 Å². The van der Waals surface area contributed by atoms with Gasteiger partial charge in [0.15, 0.2) is 0 Å². The summed E-state index contributed by atoms with van der Waals surface area (Å²) in [6.07, 6.45) is 21.4. The van der Waals surface area contributed by atoms with Crippen molar-refractivity contribution >= 4 is 18.0 Å². The van der Waals surface area contributed by atoms with Crippen molar-refractivity contribution in [3.8, 4) is 6.07 Å². The highest BCUT2D eigenvalue weighted by Crippen LogP contribution is 2.60. The minimum absolute atomic E-state index is 0.377. The average Bonchev–Trinajstić information content (AvgIpc) is 3.17. The lowest BCUT2D eigenvalue weighted by Gasteiger charge is -2.60. The van der Waals surface area contributed by atoms with Crippen molar-refractivity contribution in [2.75, 3.05) is 19.3 Å². The zero-order valence-electron chi connectivity index (χ0n) is 25.1. The third kappa shape index (κ3) is 6.39. The Balaban J connectivity index is 1.10. The molecule has 7 rings (SSSR count). The van der Waals surface area contributed by atoms with Crippen LogP contribution in [0, 0.1) is 40.4 Å². The molecule has 6 nitrogen and oxygen atoms in total. The van der Waals surface area contributed by atoms with E-state index in [-0.39, 0.29) is 0 Å². The highest BCUT2D eigenvalue weighted by molar-refractivity contribution is 7.98. The molecular formula is C34H48N6S. The predicted molar refractivity (Wildman–Crippen MR) is 168 cm³/mol. The molecule has 220 valence electrons. The first-order valence-electron chi connectivity index (χ1n) is 16.2. The average molecular weight is 573 g/mol. The molecular weight excluding hydrogens is 524 g/mol. The summed E-state index contributed by atoms with van der Waals surface area (Å²) in [6, 6.07) is 7.29. The van der Waals surface area contributed by atoms with Crippen molar-refractivity contribution < 1.29 is 0 Å². The molecule has 0 amide bonds. The van der Waals surface area contributed by atoms with E-state index in [1.54, 1.807) is 18.0 Å². The number of aromatic nitrogens is 1. The SMILES string of the molecule is CCC1=C(NCc2cccnc2SC)N=CC(C#N)=C(NCC23CC4CC(C2)C(NCC2CCCCC2)C(C4)C3)C1. The first kappa shape index (κ1) is 28.8. The number of hydrogen-bond donors (Lipinski definition) is 3. The molecule has 0 radical (unpaired) electrons. The Morgan fingerprint density at radius 3 is 2.63 bits per heavy atom. The van der Waals surface area contributed by atoms with Crippen LogP contribution in [0.3, 0.4) is 0 Å². The van der Waals surface area contributed by atoms with Crippen molar-refractivity contribution in [1.29, 1.82) is 5.26 Å². The highest BCUT2D eigenvalue weighted by Gasteiger charge is 2.55. The maximum Gasteiger partial charge on any atom is 0.125 e. The first-order valence-corrected chi connectivity index (χ1v) is 17.4. The first-order chi connectivity index (χ1) is 20.1. The van der Waals surface area contributed by atoms with Crippen LogP contribution < -0.4 is 16.0 Å². The normalized spacial score (nSPS) is 31.3. The molecule has 0 aromatic carbocycles. The summed E-state index contributed by atoms with van der Waals surface area (Å²) < 4.78 is 0. The van der Waals surface area contributed by atoms with E-state index >= 15 is 0 Å². The molecule has 41 heavy (non-hydrogen) atoms. The van der Waals surface area contributed by atoms with Crippen LogP contribution in [0.25, 0.3) is 0 Å². The minimum atomic E-state index is 0.377. The van der Waals surface area contributed by atoms with Crippen LogP contribution >= 0.6 is 11.8 Å². The Hall–Kier alpha value is -2.30. The Morgan fingerprint density at radius 2 is 1.90 bits per heavy atom. The van der Waals surface area contributed by atoms with Crippen molar-refractivity contribution in [1.82, 2.24) is 20.9 Å². The van der Waals surface area contributed by atoms with Gasteiger partial charge in [0.2, 0.25) is 0 Å². The minimum Gasteiger partial charge on any atom is -0.386 e. The molecule has 1 aliphatic heterocycles. The number of allylic oxidation sites excluding steroid dienone is 2. The fourth-order valence-electron chi connectivity index (χ4n) is 9.06. The fourth-order valence-corrected chi connectivity index (χ4v) is 9.63. The second-order valence-corrected chi connectivity index (χ2v) is 14.3. The Kier molecular flexibility index (Phi) is 9.07. The molecule has 5 fully saturated rings. The van der Waals surface area contributed by atoms with Crippen LogP contribution in [0.2, 0.25) is 0 Å². The number of nitrogens with zero attached hydrogens (tertiary/aromatic N) is 3. The van der Waals surface area contributed by atoms with Crippen LogP contribution in [0.5, 0.6) is 0 Å². The molecule has 2 atom stereocenters. The van der Waals surface area contributed by atoms with Crippen LogP contribution in [-0.2, 0) is 6.54 Å². The second-order valence-electron chi connectivity index (χ2n) is 13.5. The van der Waals surface area contributed by atoms with Gasteiger partial charge in [-0.25, -0.2) is 9.98 Å². The van der Waals surface area contributed by atoms with Gasteiger partial charge >= 0.3 is 0 Å². The van der Waals surface area contributed by atoms with Gasteiger partial charge in [-0.1, -0.05) is 32.3 Å². The summed E-state index contributed by atoms with van der Waals surface area (Å²) >= 11 is 1.67. The molecule has 4 bridgehead atoms. The van der Waals surface area contributed by atoms with E-state index in [0.29, 0.717) is 17.5 Å². The Bertz CT molecular complexity index is 1210. The van der Waals surface area contributed by atoms with Gasteiger partial charge in [0.05, 0.1) is 5.57 Å². The lowest BCUT2D eigenvalue weighted by molar-refractivity contribution is -0.0750. The van der Waals surface area contributed by atoms with E-state index in [1.807, 2.05) is 12.3 Å². The number of nitrogens with one attached hydrogen (secondary N) is 3. The lowest BCUT2D eigenvalue weighted by atomic mass is 9.48. The number of aliphatic imine (C=N–C) groups is 1. The fraction of sp³-hybridized carbons (Fsp3) is 0.676. The van der Waals surface area contributed by atoms with Gasteiger partial charge < -0.3 is 16.0 Å². The molecule has 5 aliphatic carbocycles. The van der Waals surface area contributed by atoms with Crippen molar-refractivity contribution in [2.24, 2.45) is 34.1 Å². The molecule has 0 spiro atoms. The van der Waals surface area contributed by atoms with Gasteiger partial charge in [-0.2, -0.15) is 5.26 Å². The van der Waals surface area contributed by atoms with Gasteiger partial charge in [-0.3, -0.25) is 0 Å². The molecule has 2 unspecified atom stereocenters. The molecule has 1 aromatic rings. The predicted octanol–water partition coefficient (Wildman–Crippen LogP) is 6.72. The molecule has 5 saturated carbocycles. The van der Waals surface area contributed by atoms with E-state index in [1.165, 1.54) is 81.9 Å². The number of nitriles is 1. The summed E-state index contributed by atoms with van der Waals surface area (Å²) in [5.74, 6) is 4.35. The Labute approximate surface area is 251 Å². The molecule has 3 N–H and O–H groups in total. The zero-order valence-corrected chi connectivity index (χ0v) is 25.9. The lowest BCUT2D eigenvalue weighted by Crippen LogP contribution is -2.60. The summed E-state index contributed by atoms with van der Waals surface area (Å²) in [5, 5.41) is 22.7. The van der Waals surface area contributed by atoms with Gasteiger partial charge in [-0.15, -0.1) is 11.8 Å². The van der Waals surface area contributed by atoms with Crippen LogP contribution in [-0.4, -0.2) is 36.6 Å². The van der Waals surface area contributed by atoms with E-state index in [9.17, 15) is 5.26 Å². The van der Waals surface area contributed by atoms with Crippen molar-refractivity contribution in [2.45, 2.75) is 102 Å². The molecule has 0 saturated heterocycles. The molecule has 6 aliphatic rings. The molecule has 2 heterocycles. The number of rotatable bonds is 11. The zero-order chi connectivity index (χ0) is 28.2. The maximum atomic E-state index is 10.1. The van der Waals surface area contributed by atoms with Crippen LogP contribution in [0.1, 0.15) is 89.5 Å². The van der Waals surface area contributed by atoms with E-state index < -0.39 is 0 Å². The third-order valence-corrected chi connectivity index (χ3v) is 11.6. The van der Waals surface area contributed by atoms with Crippen LogP contribution in [0.15, 0.2) is 51.0 Å². The quantitative estimate of drug-likeness (QED) is 0.255. The van der Waals surface area contributed by atoms with E-state index in [0.717, 1.165) is 65.6 Å². The summed E-state index contributed by atoms with van der Waals surface area (Å²) in [7, 11) is 0. The summed E-state index contributed by atoms with van der Waals surface area (Å²) in [5.41, 5.74) is 4.53. The largest absolute Gasteiger partial charge is 0.386 e. The Morgan fingerprint density at radius 1 is 1.10 bits per heavy atom. The van der Waals surface area contributed by atoms with E-state index in [4.69, 9.17) is 4.99 Å². The molecule has 7 heteroatoms. The monoisotopic (exact) mass is 572 g/mol. The maximum absolute atomic E-state index is 10.1. The van der Waals surface area contributed by atoms with Gasteiger partial charge in [0, 0.05) is 49.2 Å². The number of pyridine rings is 1. The smallest absolute Gasteiger partial charge is 0.125 e. The van der Waals surface area contributed by atoms with Crippen LogP contribution in [0.4, 0.5) is 0 Å². The van der Waals surface area contributed by atoms with Gasteiger partial charge in [-0.05, 0) is 105 Å². The number of hydrogen-bond acceptors (Lipinski definition) is 7. The molecule has 1 aromatic heterocycles. The van der Waals surface area contributed by atoms with Crippen molar-refractivity contribution in [3.05, 3.63) is 46.6 Å². The van der Waals surface area contributed by atoms with Crippen molar-refractivity contribution in [3.63, 3.8) is 0 Å². The topological polar surface area (TPSA) is 85.1 Å². The van der Waals surface area contributed by atoms with Gasteiger partial charge in [0.25, 0.3) is 0 Å². The second kappa shape index (κ2) is 12.9. The number of thioether (sulfide) groups is 1. The standard InChI is InChI=1S/C34H48N6S/c1-3-25-14-30(29(18-35)21-39-32(25)38-20-26-10-7-11-36-33(26)41-2)40-22-34-15-24-12-27(16-34)31(28(13-24)17-34)37-19-23-8-5-4-6-9-23/h7,10-11,21,23-24,27-28,31,37-38,40H,3-6,8-9,12-17,19-20,22H2,1-2H3. The summed E-state index contributed by atoms with van der Waals surface area (Å²) in [4.78, 5) is 9.28.